The first-order chi connectivity index (χ1) is 7.31. The summed E-state index contributed by atoms with van der Waals surface area (Å²) < 4.78 is 10.9. The van der Waals surface area contributed by atoms with Crippen molar-refractivity contribution in [3.63, 3.8) is 0 Å². The Bertz CT molecular complexity index is 336. The minimum atomic E-state index is -0.397. The first kappa shape index (κ1) is 10.3. The number of hydrogen-bond acceptors (Lipinski definition) is 3. The first-order valence-electron chi connectivity index (χ1n) is 5.39. The van der Waals surface area contributed by atoms with Gasteiger partial charge in [0.15, 0.2) is 11.5 Å². The molecule has 1 N–H and O–H groups in total. The maximum absolute atomic E-state index is 9.83. The smallest absolute Gasteiger partial charge is 0.161 e. The molecule has 0 spiro atoms. The van der Waals surface area contributed by atoms with Gasteiger partial charge in [0, 0.05) is 0 Å². The summed E-state index contributed by atoms with van der Waals surface area (Å²) in [6, 6.07) is 5.63. The average Bonchev–Trinajstić information content (AvgIpc) is 2.29. The molecule has 15 heavy (non-hydrogen) atoms. The molecule has 0 saturated heterocycles. The lowest BCUT2D eigenvalue weighted by Gasteiger charge is -2.20. The van der Waals surface area contributed by atoms with Gasteiger partial charge in [0.1, 0.15) is 13.2 Å². The van der Waals surface area contributed by atoms with Gasteiger partial charge in [0.25, 0.3) is 0 Å². The summed E-state index contributed by atoms with van der Waals surface area (Å²) in [7, 11) is 0. The summed E-state index contributed by atoms with van der Waals surface area (Å²) in [4.78, 5) is 0. The minimum absolute atomic E-state index is 0.397. The van der Waals surface area contributed by atoms with E-state index in [1.54, 1.807) is 0 Å². The molecule has 0 amide bonds. The van der Waals surface area contributed by atoms with E-state index in [-0.39, 0.29) is 0 Å². The van der Waals surface area contributed by atoms with E-state index in [2.05, 4.69) is 6.92 Å². The van der Waals surface area contributed by atoms with Crippen molar-refractivity contribution in [2.24, 2.45) is 0 Å². The fourth-order valence-corrected chi connectivity index (χ4v) is 1.71. The molecule has 1 heterocycles. The van der Waals surface area contributed by atoms with E-state index in [1.165, 1.54) is 0 Å². The third kappa shape index (κ3) is 2.23. The molecule has 0 radical (unpaired) electrons. The maximum atomic E-state index is 9.83. The Labute approximate surface area is 89.6 Å². The molecule has 3 heteroatoms. The normalized spacial score (nSPS) is 16.1. The number of aliphatic hydroxyl groups is 1. The van der Waals surface area contributed by atoms with Gasteiger partial charge in [-0.2, -0.15) is 0 Å². The summed E-state index contributed by atoms with van der Waals surface area (Å²) in [6.07, 6.45) is 1.35. The molecule has 0 aromatic heterocycles. The van der Waals surface area contributed by atoms with Crippen molar-refractivity contribution in [3.05, 3.63) is 23.8 Å². The van der Waals surface area contributed by atoms with Crippen molar-refractivity contribution in [3.8, 4) is 11.5 Å². The van der Waals surface area contributed by atoms with Crippen molar-refractivity contribution in [2.45, 2.75) is 25.9 Å². The van der Waals surface area contributed by atoms with Gasteiger partial charge in [0.2, 0.25) is 0 Å². The predicted molar refractivity (Wildman–Crippen MR) is 57.3 cm³/mol. The molecule has 1 aliphatic rings. The zero-order valence-electron chi connectivity index (χ0n) is 8.90. The fraction of sp³-hybridized carbons (Fsp3) is 0.500. The maximum Gasteiger partial charge on any atom is 0.161 e. The quantitative estimate of drug-likeness (QED) is 0.828. The number of ether oxygens (including phenoxy) is 2. The van der Waals surface area contributed by atoms with Crippen molar-refractivity contribution in [1.82, 2.24) is 0 Å². The Morgan fingerprint density at radius 3 is 2.73 bits per heavy atom. The Morgan fingerprint density at radius 1 is 1.27 bits per heavy atom. The predicted octanol–water partition coefficient (Wildman–Crippen LogP) is 2.29. The standard InChI is InChI=1S/C12H16O3/c1-2-3-10(13)9-4-5-11-12(8-9)15-7-6-14-11/h4-5,8,10,13H,2-3,6-7H2,1H3. The lowest BCUT2D eigenvalue weighted by Crippen LogP contribution is -2.15. The highest BCUT2D eigenvalue weighted by atomic mass is 16.6. The number of benzene rings is 1. The SMILES string of the molecule is CCCC(O)c1ccc2c(c1)OCCO2. The summed E-state index contributed by atoms with van der Waals surface area (Å²) in [5.74, 6) is 1.52. The first-order valence-corrected chi connectivity index (χ1v) is 5.39. The van der Waals surface area contributed by atoms with Crippen molar-refractivity contribution in [1.29, 1.82) is 0 Å². The summed E-state index contributed by atoms with van der Waals surface area (Å²) in [5, 5.41) is 9.83. The van der Waals surface area contributed by atoms with Gasteiger partial charge >= 0.3 is 0 Å². The zero-order chi connectivity index (χ0) is 10.7. The molecular formula is C12H16O3. The highest BCUT2D eigenvalue weighted by Crippen LogP contribution is 2.33. The number of hydrogen-bond donors (Lipinski definition) is 1. The lowest BCUT2D eigenvalue weighted by atomic mass is 10.0. The number of aliphatic hydroxyl groups excluding tert-OH is 1. The highest BCUT2D eigenvalue weighted by Gasteiger charge is 2.14. The van der Waals surface area contributed by atoms with Crippen LogP contribution in [0.5, 0.6) is 11.5 Å². The molecule has 0 fully saturated rings. The van der Waals surface area contributed by atoms with Crippen molar-refractivity contribution < 1.29 is 14.6 Å². The van der Waals surface area contributed by atoms with Gasteiger partial charge in [-0.05, 0) is 24.1 Å². The Morgan fingerprint density at radius 2 is 2.00 bits per heavy atom. The van der Waals surface area contributed by atoms with Gasteiger partial charge in [-0.15, -0.1) is 0 Å². The molecular weight excluding hydrogens is 192 g/mol. The summed E-state index contributed by atoms with van der Waals surface area (Å²) >= 11 is 0. The third-order valence-electron chi connectivity index (χ3n) is 2.51. The average molecular weight is 208 g/mol. The van der Waals surface area contributed by atoms with E-state index >= 15 is 0 Å². The van der Waals surface area contributed by atoms with E-state index in [4.69, 9.17) is 9.47 Å². The Hall–Kier alpha value is -1.22. The van der Waals surface area contributed by atoms with Crippen LogP contribution in [0.3, 0.4) is 0 Å². The van der Waals surface area contributed by atoms with Crippen LogP contribution in [0.15, 0.2) is 18.2 Å². The second-order valence-corrected chi connectivity index (χ2v) is 3.71. The molecule has 82 valence electrons. The van der Waals surface area contributed by atoms with E-state index in [0.29, 0.717) is 13.2 Å². The fourth-order valence-electron chi connectivity index (χ4n) is 1.71. The van der Waals surface area contributed by atoms with Crippen LogP contribution in [-0.4, -0.2) is 18.3 Å². The van der Waals surface area contributed by atoms with Crippen molar-refractivity contribution >= 4 is 0 Å². The van der Waals surface area contributed by atoms with Crippen LogP contribution in [0.25, 0.3) is 0 Å². The van der Waals surface area contributed by atoms with Gasteiger partial charge in [-0.1, -0.05) is 19.4 Å². The van der Waals surface area contributed by atoms with E-state index in [0.717, 1.165) is 29.9 Å². The molecule has 0 bridgehead atoms. The van der Waals surface area contributed by atoms with Crippen LogP contribution in [0, 0.1) is 0 Å². The molecule has 1 unspecified atom stereocenters. The third-order valence-corrected chi connectivity index (χ3v) is 2.51. The monoisotopic (exact) mass is 208 g/mol. The van der Waals surface area contributed by atoms with E-state index in [1.807, 2.05) is 18.2 Å². The Kier molecular flexibility index (Phi) is 3.11. The zero-order valence-corrected chi connectivity index (χ0v) is 8.90. The molecule has 1 aromatic rings. The summed E-state index contributed by atoms with van der Waals surface area (Å²) in [6.45, 7) is 3.24. The van der Waals surface area contributed by atoms with Crippen LogP contribution < -0.4 is 9.47 Å². The largest absolute Gasteiger partial charge is 0.486 e. The minimum Gasteiger partial charge on any atom is -0.486 e. The molecule has 3 nitrogen and oxygen atoms in total. The Balaban J connectivity index is 2.20. The molecule has 1 aliphatic heterocycles. The highest BCUT2D eigenvalue weighted by molar-refractivity contribution is 5.44. The van der Waals surface area contributed by atoms with Crippen molar-refractivity contribution in [2.75, 3.05) is 13.2 Å². The molecule has 0 aliphatic carbocycles. The van der Waals surface area contributed by atoms with Gasteiger partial charge < -0.3 is 14.6 Å². The van der Waals surface area contributed by atoms with Crippen LogP contribution in [-0.2, 0) is 0 Å². The topological polar surface area (TPSA) is 38.7 Å². The van der Waals surface area contributed by atoms with Crippen LogP contribution in [0.4, 0.5) is 0 Å². The number of rotatable bonds is 3. The van der Waals surface area contributed by atoms with Gasteiger partial charge in [0.05, 0.1) is 6.10 Å². The van der Waals surface area contributed by atoms with Crippen LogP contribution in [0.2, 0.25) is 0 Å². The van der Waals surface area contributed by atoms with E-state index < -0.39 is 6.10 Å². The molecule has 0 saturated carbocycles. The van der Waals surface area contributed by atoms with Gasteiger partial charge in [-0.25, -0.2) is 0 Å². The molecule has 2 rings (SSSR count). The number of fused-ring (bicyclic) bond motifs is 1. The van der Waals surface area contributed by atoms with Crippen LogP contribution >= 0.6 is 0 Å². The molecule has 1 atom stereocenters. The lowest BCUT2D eigenvalue weighted by molar-refractivity contribution is 0.159. The van der Waals surface area contributed by atoms with Crippen LogP contribution in [0.1, 0.15) is 31.4 Å². The second kappa shape index (κ2) is 4.53. The summed E-state index contributed by atoms with van der Waals surface area (Å²) in [5.41, 5.74) is 0.904. The molecule has 1 aromatic carbocycles. The van der Waals surface area contributed by atoms with E-state index in [9.17, 15) is 5.11 Å². The second-order valence-electron chi connectivity index (χ2n) is 3.71. The van der Waals surface area contributed by atoms with Gasteiger partial charge in [-0.3, -0.25) is 0 Å².